The largest absolute Gasteiger partial charge is 0.324 e. The molecule has 0 spiro atoms. The molecule has 1 atom stereocenters. The summed E-state index contributed by atoms with van der Waals surface area (Å²) in [5, 5.41) is 0. The highest BCUT2D eigenvalue weighted by molar-refractivity contribution is 5.74. The van der Waals surface area contributed by atoms with Crippen molar-refractivity contribution in [2.75, 3.05) is 0 Å². The van der Waals surface area contributed by atoms with Gasteiger partial charge in [-0.3, -0.25) is 9.97 Å². The van der Waals surface area contributed by atoms with Crippen molar-refractivity contribution in [2.45, 2.75) is 18.9 Å². The van der Waals surface area contributed by atoms with Crippen LogP contribution in [0.15, 0.2) is 30.6 Å². The van der Waals surface area contributed by atoms with Crippen LogP contribution in [-0.2, 0) is 0 Å². The summed E-state index contributed by atoms with van der Waals surface area (Å²) in [6, 6.07) is 5.87. The van der Waals surface area contributed by atoms with Crippen molar-refractivity contribution in [1.82, 2.24) is 9.97 Å². The summed E-state index contributed by atoms with van der Waals surface area (Å²) in [6.07, 6.45) is 10.1. The minimum Gasteiger partial charge on any atom is -0.324 e. The number of benzene rings is 1. The number of aromatic nitrogens is 2. The van der Waals surface area contributed by atoms with Crippen molar-refractivity contribution >= 4 is 11.0 Å². The van der Waals surface area contributed by atoms with Crippen LogP contribution in [0.3, 0.4) is 0 Å². The molecule has 0 radical (unpaired) electrons. The average molecular weight is 211 g/mol. The maximum Gasteiger partial charge on any atom is 0.0890 e. The molecule has 0 fully saturated rings. The van der Waals surface area contributed by atoms with E-state index in [4.69, 9.17) is 12.2 Å². The van der Waals surface area contributed by atoms with Crippen LogP contribution in [0.25, 0.3) is 11.0 Å². The zero-order valence-corrected chi connectivity index (χ0v) is 8.93. The van der Waals surface area contributed by atoms with E-state index in [0.29, 0.717) is 6.42 Å². The monoisotopic (exact) mass is 211 g/mol. The van der Waals surface area contributed by atoms with E-state index in [9.17, 15) is 0 Å². The number of hydrogen-bond donors (Lipinski definition) is 1. The van der Waals surface area contributed by atoms with Crippen LogP contribution in [0, 0.1) is 12.3 Å². The lowest BCUT2D eigenvalue weighted by atomic mass is 10.0. The Morgan fingerprint density at radius 1 is 1.25 bits per heavy atom. The predicted molar refractivity (Wildman–Crippen MR) is 64.5 cm³/mol. The average Bonchev–Trinajstić information content (AvgIpc) is 2.35. The van der Waals surface area contributed by atoms with Crippen LogP contribution in [0.1, 0.15) is 24.4 Å². The number of nitrogens with zero attached hydrogens (tertiary/aromatic N) is 2. The van der Waals surface area contributed by atoms with Gasteiger partial charge in [0.25, 0.3) is 0 Å². The molecular weight excluding hydrogens is 198 g/mol. The fraction of sp³-hybridized carbons (Fsp3) is 0.231. The van der Waals surface area contributed by atoms with Crippen LogP contribution in [0.2, 0.25) is 0 Å². The number of terminal acetylenes is 1. The summed E-state index contributed by atoms with van der Waals surface area (Å²) in [6.45, 7) is 0. The molecule has 0 saturated carbocycles. The van der Waals surface area contributed by atoms with Crippen molar-refractivity contribution in [3.8, 4) is 12.3 Å². The van der Waals surface area contributed by atoms with Gasteiger partial charge in [0.15, 0.2) is 0 Å². The standard InChI is InChI=1S/C13H13N3/c1-2-3-4-11(14)10-5-6-12-13(9-10)16-8-7-15-12/h1,5-9,11H,3-4,14H2. The minimum absolute atomic E-state index is 0.0255. The van der Waals surface area contributed by atoms with E-state index in [-0.39, 0.29) is 6.04 Å². The van der Waals surface area contributed by atoms with E-state index < -0.39 is 0 Å². The third kappa shape index (κ3) is 2.18. The highest BCUT2D eigenvalue weighted by atomic mass is 14.8. The Morgan fingerprint density at radius 2 is 2.00 bits per heavy atom. The van der Waals surface area contributed by atoms with Gasteiger partial charge in [0.2, 0.25) is 0 Å². The fourth-order valence-corrected chi connectivity index (χ4v) is 1.62. The summed E-state index contributed by atoms with van der Waals surface area (Å²) in [7, 11) is 0. The molecule has 2 rings (SSSR count). The molecule has 3 heteroatoms. The second-order valence-electron chi connectivity index (χ2n) is 3.65. The molecule has 2 aromatic rings. The number of rotatable bonds is 3. The van der Waals surface area contributed by atoms with E-state index in [1.54, 1.807) is 12.4 Å². The number of nitrogens with two attached hydrogens (primary N) is 1. The van der Waals surface area contributed by atoms with Crippen LogP contribution in [0.5, 0.6) is 0 Å². The SMILES string of the molecule is C#CCCC(N)c1ccc2nccnc2c1. The third-order valence-corrected chi connectivity index (χ3v) is 2.52. The molecule has 1 heterocycles. The van der Waals surface area contributed by atoms with Gasteiger partial charge in [-0.15, -0.1) is 12.3 Å². The first kappa shape index (κ1) is 10.6. The molecule has 1 unspecified atom stereocenters. The zero-order chi connectivity index (χ0) is 11.4. The first-order valence-electron chi connectivity index (χ1n) is 5.21. The van der Waals surface area contributed by atoms with E-state index >= 15 is 0 Å². The molecular formula is C13H13N3. The Kier molecular flexibility index (Phi) is 3.13. The maximum absolute atomic E-state index is 6.03. The number of hydrogen-bond acceptors (Lipinski definition) is 3. The quantitative estimate of drug-likeness (QED) is 0.790. The molecule has 16 heavy (non-hydrogen) atoms. The first-order valence-corrected chi connectivity index (χ1v) is 5.21. The van der Waals surface area contributed by atoms with Gasteiger partial charge in [-0.25, -0.2) is 0 Å². The topological polar surface area (TPSA) is 51.8 Å². The van der Waals surface area contributed by atoms with Gasteiger partial charge in [-0.2, -0.15) is 0 Å². The molecule has 0 aliphatic rings. The van der Waals surface area contributed by atoms with Crippen molar-refractivity contribution in [3.05, 3.63) is 36.2 Å². The molecule has 1 aromatic heterocycles. The second kappa shape index (κ2) is 4.73. The zero-order valence-electron chi connectivity index (χ0n) is 8.93. The highest BCUT2D eigenvalue weighted by Gasteiger charge is 2.06. The van der Waals surface area contributed by atoms with Gasteiger partial charge in [-0.1, -0.05) is 6.07 Å². The second-order valence-corrected chi connectivity index (χ2v) is 3.65. The lowest BCUT2D eigenvalue weighted by Crippen LogP contribution is -2.09. The van der Waals surface area contributed by atoms with E-state index in [0.717, 1.165) is 23.0 Å². The normalized spacial score (nSPS) is 12.2. The van der Waals surface area contributed by atoms with Gasteiger partial charge in [0, 0.05) is 24.9 Å². The van der Waals surface area contributed by atoms with Crippen molar-refractivity contribution in [1.29, 1.82) is 0 Å². The van der Waals surface area contributed by atoms with Crippen molar-refractivity contribution in [3.63, 3.8) is 0 Å². The Bertz CT molecular complexity index is 528. The summed E-state index contributed by atoms with van der Waals surface area (Å²) < 4.78 is 0. The van der Waals surface area contributed by atoms with Gasteiger partial charge in [0.1, 0.15) is 0 Å². The lowest BCUT2D eigenvalue weighted by Gasteiger charge is -2.10. The summed E-state index contributed by atoms with van der Waals surface area (Å²) in [5.74, 6) is 2.60. The first-order chi connectivity index (χ1) is 7.81. The Morgan fingerprint density at radius 3 is 2.75 bits per heavy atom. The number of fused-ring (bicyclic) bond motifs is 1. The third-order valence-electron chi connectivity index (χ3n) is 2.52. The molecule has 1 aromatic carbocycles. The molecule has 0 bridgehead atoms. The lowest BCUT2D eigenvalue weighted by molar-refractivity contribution is 0.668. The molecule has 0 amide bonds. The highest BCUT2D eigenvalue weighted by Crippen LogP contribution is 2.19. The summed E-state index contributed by atoms with van der Waals surface area (Å²) in [4.78, 5) is 8.45. The predicted octanol–water partition coefficient (Wildman–Crippen LogP) is 2.04. The van der Waals surface area contributed by atoms with E-state index in [1.807, 2.05) is 18.2 Å². The van der Waals surface area contributed by atoms with Gasteiger partial charge in [-0.05, 0) is 24.1 Å². The van der Waals surface area contributed by atoms with Gasteiger partial charge in [0.05, 0.1) is 11.0 Å². The van der Waals surface area contributed by atoms with Crippen LogP contribution in [-0.4, -0.2) is 9.97 Å². The van der Waals surface area contributed by atoms with E-state index in [1.165, 1.54) is 0 Å². The Hall–Kier alpha value is -1.92. The Balaban J connectivity index is 2.29. The molecule has 0 saturated heterocycles. The van der Waals surface area contributed by atoms with Gasteiger partial charge < -0.3 is 5.73 Å². The minimum atomic E-state index is -0.0255. The summed E-state index contributed by atoms with van der Waals surface area (Å²) >= 11 is 0. The van der Waals surface area contributed by atoms with Crippen molar-refractivity contribution in [2.24, 2.45) is 5.73 Å². The van der Waals surface area contributed by atoms with Crippen LogP contribution < -0.4 is 5.73 Å². The van der Waals surface area contributed by atoms with Crippen molar-refractivity contribution < 1.29 is 0 Å². The molecule has 2 N–H and O–H groups in total. The molecule has 0 aliphatic carbocycles. The molecule has 0 aliphatic heterocycles. The van der Waals surface area contributed by atoms with Gasteiger partial charge >= 0.3 is 0 Å². The van der Waals surface area contributed by atoms with Crippen LogP contribution in [0.4, 0.5) is 0 Å². The maximum atomic E-state index is 6.03. The molecule has 80 valence electrons. The van der Waals surface area contributed by atoms with Crippen LogP contribution >= 0.6 is 0 Å². The van der Waals surface area contributed by atoms with E-state index in [2.05, 4.69) is 15.9 Å². The smallest absolute Gasteiger partial charge is 0.0890 e. The summed E-state index contributed by atoms with van der Waals surface area (Å²) in [5.41, 5.74) is 8.84. The molecule has 3 nitrogen and oxygen atoms in total. The fourth-order valence-electron chi connectivity index (χ4n) is 1.62. The Labute approximate surface area is 94.7 Å².